The number of fused-ring (bicyclic) bond motifs is 1. The lowest BCUT2D eigenvalue weighted by Crippen LogP contribution is -2.36. The van der Waals surface area contributed by atoms with Crippen molar-refractivity contribution in [3.05, 3.63) is 76.5 Å². The fourth-order valence-corrected chi connectivity index (χ4v) is 3.57. The van der Waals surface area contributed by atoms with Gasteiger partial charge in [-0.05, 0) is 55.7 Å². The Morgan fingerprint density at radius 1 is 1.10 bits per heavy atom. The number of hydrogen-bond donors (Lipinski definition) is 1. The molecule has 0 aliphatic carbocycles. The van der Waals surface area contributed by atoms with E-state index in [0.29, 0.717) is 25.1 Å². The average molecular weight is 388 g/mol. The minimum absolute atomic E-state index is 0.0918. The van der Waals surface area contributed by atoms with Crippen molar-refractivity contribution >= 4 is 23.3 Å². The second-order valence-corrected chi connectivity index (χ2v) is 7.50. The number of aromatic nitrogens is 2. The molecule has 6 heteroatoms. The van der Waals surface area contributed by atoms with Gasteiger partial charge in [0.1, 0.15) is 5.82 Å². The number of carbonyl (C=O) groups is 2. The van der Waals surface area contributed by atoms with Gasteiger partial charge < -0.3 is 5.32 Å². The van der Waals surface area contributed by atoms with Crippen molar-refractivity contribution in [3.63, 3.8) is 0 Å². The molecule has 0 unspecified atom stereocenters. The van der Waals surface area contributed by atoms with Crippen molar-refractivity contribution in [3.8, 4) is 0 Å². The highest BCUT2D eigenvalue weighted by molar-refractivity contribution is 6.04. The number of rotatable bonds is 4. The number of nitrogens with zero attached hydrogens (tertiary/aromatic N) is 3. The molecule has 0 spiro atoms. The third kappa shape index (κ3) is 3.78. The van der Waals surface area contributed by atoms with Gasteiger partial charge in [0.2, 0.25) is 5.91 Å². The Morgan fingerprint density at radius 3 is 2.62 bits per heavy atom. The van der Waals surface area contributed by atoms with Gasteiger partial charge in [0.25, 0.3) is 5.91 Å². The van der Waals surface area contributed by atoms with Crippen LogP contribution in [-0.2, 0) is 17.9 Å². The Bertz CT molecular complexity index is 1080. The van der Waals surface area contributed by atoms with Crippen molar-refractivity contribution < 1.29 is 9.59 Å². The fourth-order valence-electron chi connectivity index (χ4n) is 3.57. The highest BCUT2D eigenvalue weighted by Crippen LogP contribution is 2.25. The molecule has 0 saturated carbocycles. The van der Waals surface area contributed by atoms with E-state index in [1.54, 1.807) is 17.0 Å². The Balaban J connectivity index is 1.49. The van der Waals surface area contributed by atoms with E-state index in [4.69, 9.17) is 0 Å². The Labute approximate surface area is 170 Å². The third-order valence-corrected chi connectivity index (χ3v) is 5.41. The van der Waals surface area contributed by atoms with Crippen LogP contribution in [0, 0.1) is 20.8 Å². The summed E-state index contributed by atoms with van der Waals surface area (Å²) in [5.74, 6) is 0.776. The second kappa shape index (κ2) is 7.54. The topological polar surface area (TPSA) is 67.2 Å². The number of anilines is 2. The molecule has 0 atom stereocenters. The smallest absolute Gasteiger partial charge is 0.255 e. The normalized spacial score (nSPS) is 13.3. The van der Waals surface area contributed by atoms with E-state index in [1.807, 2.05) is 61.9 Å². The van der Waals surface area contributed by atoms with E-state index >= 15 is 0 Å². The fraction of sp³-hybridized carbons (Fsp3) is 0.261. The van der Waals surface area contributed by atoms with Gasteiger partial charge in [-0.15, -0.1) is 0 Å². The molecule has 29 heavy (non-hydrogen) atoms. The lowest BCUT2D eigenvalue weighted by molar-refractivity contribution is -0.119. The van der Waals surface area contributed by atoms with E-state index in [-0.39, 0.29) is 11.8 Å². The quantitative estimate of drug-likeness (QED) is 0.735. The molecule has 2 heterocycles. The first-order valence-electron chi connectivity index (χ1n) is 9.73. The van der Waals surface area contributed by atoms with Crippen LogP contribution in [0.3, 0.4) is 0 Å². The molecule has 1 aromatic heterocycles. The number of amides is 2. The van der Waals surface area contributed by atoms with Crippen LogP contribution in [0.15, 0.2) is 48.5 Å². The van der Waals surface area contributed by atoms with Gasteiger partial charge in [-0.25, -0.2) is 4.68 Å². The summed E-state index contributed by atoms with van der Waals surface area (Å²) in [5.41, 5.74) is 5.47. The molecule has 2 aromatic carbocycles. The molecule has 148 valence electrons. The van der Waals surface area contributed by atoms with Crippen molar-refractivity contribution in [1.82, 2.24) is 9.78 Å². The van der Waals surface area contributed by atoms with Gasteiger partial charge in [-0.1, -0.05) is 24.3 Å². The summed E-state index contributed by atoms with van der Waals surface area (Å²) in [5, 5.41) is 7.41. The summed E-state index contributed by atoms with van der Waals surface area (Å²) >= 11 is 0. The zero-order chi connectivity index (χ0) is 20.5. The molecule has 0 saturated heterocycles. The molecule has 1 N–H and O–H groups in total. The first kappa shape index (κ1) is 18.9. The van der Waals surface area contributed by atoms with Crippen LogP contribution < -0.4 is 10.2 Å². The predicted molar refractivity (Wildman–Crippen MR) is 113 cm³/mol. The van der Waals surface area contributed by atoms with Crippen molar-refractivity contribution in [1.29, 1.82) is 0 Å². The lowest BCUT2D eigenvalue weighted by Gasteiger charge is -2.27. The standard InChI is InChI=1S/C23H24N4O2/c1-15-5-4-6-20(17(15)3)24-23(29)19-9-7-18(8-10-19)14-26-21-13-16(2)25-27(21)12-11-22(26)28/h4-10,13H,11-12,14H2,1-3H3,(H,24,29). The van der Waals surface area contributed by atoms with Crippen LogP contribution in [0.2, 0.25) is 0 Å². The molecule has 6 nitrogen and oxygen atoms in total. The predicted octanol–water partition coefficient (Wildman–Crippen LogP) is 4.00. The van der Waals surface area contributed by atoms with Crippen molar-refractivity contribution in [2.45, 2.75) is 40.3 Å². The first-order chi connectivity index (χ1) is 13.9. The summed E-state index contributed by atoms with van der Waals surface area (Å²) in [6.07, 6.45) is 0.449. The summed E-state index contributed by atoms with van der Waals surface area (Å²) in [4.78, 5) is 26.8. The van der Waals surface area contributed by atoms with E-state index in [0.717, 1.165) is 33.9 Å². The molecule has 0 radical (unpaired) electrons. The molecule has 1 aliphatic heterocycles. The number of hydrogen-bond acceptors (Lipinski definition) is 3. The molecule has 3 aromatic rings. The highest BCUT2D eigenvalue weighted by Gasteiger charge is 2.25. The second-order valence-electron chi connectivity index (χ2n) is 7.50. The van der Waals surface area contributed by atoms with Crippen LogP contribution in [0.5, 0.6) is 0 Å². The monoisotopic (exact) mass is 388 g/mol. The molecule has 4 rings (SSSR count). The molecule has 0 bridgehead atoms. The number of benzene rings is 2. The number of aryl methyl sites for hydroxylation is 3. The summed E-state index contributed by atoms with van der Waals surface area (Å²) in [6.45, 7) is 7.03. The van der Waals surface area contributed by atoms with Gasteiger partial charge in [0.15, 0.2) is 0 Å². The number of carbonyl (C=O) groups excluding carboxylic acids is 2. The Hall–Kier alpha value is -3.41. The summed E-state index contributed by atoms with van der Waals surface area (Å²) < 4.78 is 1.88. The van der Waals surface area contributed by atoms with Crippen molar-refractivity contribution in [2.75, 3.05) is 10.2 Å². The largest absolute Gasteiger partial charge is 0.322 e. The molecule has 2 amide bonds. The van der Waals surface area contributed by atoms with E-state index in [1.165, 1.54) is 0 Å². The van der Waals surface area contributed by atoms with Crippen molar-refractivity contribution in [2.24, 2.45) is 0 Å². The zero-order valence-electron chi connectivity index (χ0n) is 16.9. The van der Waals surface area contributed by atoms with E-state index < -0.39 is 0 Å². The average Bonchev–Trinajstić information content (AvgIpc) is 3.09. The lowest BCUT2D eigenvalue weighted by atomic mass is 10.1. The molecular formula is C23H24N4O2. The maximum Gasteiger partial charge on any atom is 0.255 e. The maximum absolute atomic E-state index is 12.6. The van der Waals surface area contributed by atoms with Gasteiger partial charge >= 0.3 is 0 Å². The van der Waals surface area contributed by atoms with Gasteiger partial charge in [-0.3, -0.25) is 14.5 Å². The molecular weight excluding hydrogens is 364 g/mol. The number of nitrogens with one attached hydrogen (secondary N) is 1. The van der Waals surface area contributed by atoms with Crippen LogP contribution in [-0.4, -0.2) is 21.6 Å². The summed E-state index contributed by atoms with van der Waals surface area (Å²) in [6, 6.07) is 15.2. The van der Waals surface area contributed by atoms with Gasteiger partial charge in [0.05, 0.1) is 18.8 Å². The minimum atomic E-state index is -0.145. The highest BCUT2D eigenvalue weighted by atomic mass is 16.2. The SMILES string of the molecule is Cc1cc2n(n1)CCC(=O)N2Cc1ccc(C(=O)Nc2cccc(C)c2C)cc1. The third-order valence-electron chi connectivity index (χ3n) is 5.41. The zero-order valence-corrected chi connectivity index (χ0v) is 16.9. The summed E-state index contributed by atoms with van der Waals surface area (Å²) in [7, 11) is 0. The first-order valence-corrected chi connectivity index (χ1v) is 9.73. The minimum Gasteiger partial charge on any atom is -0.322 e. The van der Waals surface area contributed by atoms with E-state index in [9.17, 15) is 9.59 Å². The Morgan fingerprint density at radius 2 is 1.86 bits per heavy atom. The van der Waals surface area contributed by atoms with Crippen LogP contribution in [0.25, 0.3) is 0 Å². The molecule has 0 fully saturated rings. The molecule has 1 aliphatic rings. The van der Waals surface area contributed by atoms with Crippen LogP contribution in [0.1, 0.15) is 39.2 Å². The van der Waals surface area contributed by atoms with E-state index in [2.05, 4.69) is 10.4 Å². The Kier molecular flexibility index (Phi) is 4.92. The van der Waals surface area contributed by atoms with Crippen LogP contribution >= 0.6 is 0 Å². The van der Waals surface area contributed by atoms with Gasteiger partial charge in [0, 0.05) is 23.7 Å². The van der Waals surface area contributed by atoms with Crippen LogP contribution in [0.4, 0.5) is 11.5 Å². The van der Waals surface area contributed by atoms with Gasteiger partial charge in [-0.2, -0.15) is 5.10 Å². The maximum atomic E-state index is 12.6.